The molecule has 1 saturated heterocycles. The molecule has 4 N–H and O–H groups in total. The molecule has 178 valence electrons. The molecule has 1 aromatic rings. The Bertz CT molecular complexity index is 964. The lowest BCUT2D eigenvalue weighted by Gasteiger charge is -2.20. The predicted octanol–water partition coefficient (Wildman–Crippen LogP) is 1.63. The van der Waals surface area contributed by atoms with Crippen LogP contribution in [0.3, 0.4) is 0 Å². The Hall–Kier alpha value is -3.14. The number of hydrogen-bond acceptors (Lipinski definition) is 6. The third-order valence-electron chi connectivity index (χ3n) is 5.60. The topological polar surface area (TPSA) is 143 Å². The number of benzene rings is 1. The number of nitrogens with one attached hydrogen (secondary N) is 4. The first-order valence-electron chi connectivity index (χ1n) is 10.8. The highest BCUT2D eigenvalue weighted by Crippen LogP contribution is 2.29. The number of likely N-dealkylation sites (N-methyl/N-ethyl adjacent to an activating group) is 1. The zero-order chi connectivity index (χ0) is 24.1. The number of carbonyl (C=O) groups is 5. The van der Waals surface area contributed by atoms with E-state index < -0.39 is 35.7 Å². The van der Waals surface area contributed by atoms with Gasteiger partial charge in [-0.15, -0.1) is 0 Å². The highest BCUT2D eigenvalue weighted by Gasteiger charge is 2.36. The fraction of sp³-hybridized carbons (Fsp3) is 0.500. The largest absolute Gasteiger partial charge is 0.449 e. The lowest BCUT2D eigenvalue weighted by Crippen LogP contribution is -2.48. The van der Waals surface area contributed by atoms with Crippen molar-refractivity contribution < 1.29 is 28.7 Å². The van der Waals surface area contributed by atoms with E-state index in [0.29, 0.717) is 18.9 Å². The van der Waals surface area contributed by atoms with Gasteiger partial charge >= 0.3 is 6.09 Å². The molecule has 3 rings (SSSR count). The lowest BCUT2D eigenvalue weighted by atomic mass is 9.93. The molecule has 1 unspecified atom stereocenters. The van der Waals surface area contributed by atoms with Gasteiger partial charge in [0.15, 0.2) is 0 Å². The van der Waals surface area contributed by atoms with Gasteiger partial charge in [0.1, 0.15) is 0 Å². The predicted molar refractivity (Wildman–Crippen MR) is 120 cm³/mol. The molecule has 11 heteroatoms. The Labute approximate surface area is 196 Å². The molecule has 1 saturated carbocycles. The average molecular weight is 479 g/mol. The molecule has 1 heterocycles. The van der Waals surface area contributed by atoms with Gasteiger partial charge in [0.25, 0.3) is 11.8 Å². The van der Waals surface area contributed by atoms with Crippen LogP contribution in [0.15, 0.2) is 18.2 Å². The van der Waals surface area contributed by atoms with Gasteiger partial charge in [0.05, 0.1) is 23.9 Å². The molecular weight excluding hydrogens is 452 g/mol. The van der Waals surface area contributed by atoms with Crippen LogP contribution >= 0.6 is 11.6 Å². The summed E-state index contributed by atoms with van der Waals surface area (Å²) in [5.74, 6) is -2.90. The van der Waals surface area contributed by atoms with Crippen LogP contribution in [0.5, 0.6) is 0 Å². The Morgan fingerprint density at radius 2 is 1.97 bits per heavy atom. The smallest absolute Gasteiger partial charge is 0.411 e. The molecule has 0 aromatic heterocycles. The molecule has 3 atom stereocenters. The second-order valence-electron chi connectivity index (χ2n) is 8.40. The molecule has 1 aromatic carbocycles. The minimum Gasteiger partial charge on any atom is -0.449 e. The van der Waals surface area contributed by atoms with Gasteiger partial charge in [0, 0.05) is 24.0 Å². The second-order valence-corrected chi connectivity index (χ2v) is 8.84. The van der Waals surface area contributed by atoms with Gasteiger partial charge in [-0.05, 0) is 56.7 Å². The normalized spacial score (nSPS) is 20.4. The number of hydrogen-bond donors (Lipinski definition) is 4. The first-order chi connectivity index (χ1) is 15.7. The van der Waals surface area contributed by atoms with E-state index in [4.69, 9.17) is 16.3 Å². The Morgan fingerprint density at radius 3 is 2.58 bits per heavy atom. The fourth-order valence-electron chi connectivity index (χ4n) is 3.63. The maximum absolute atomic E-state index is 13.1. The van der Waals surface area contributed by atoms with Crippen molar-refractivity contribution in [3.63, 3.8) is 0 Å². The van der Waals surface area contributed by atoms with Crippen molar-refractivity contribution >= 4 is 46.9 Å². The second kappa shape index (κ2) is 10.7. The number of ketones is 1. The number of amides is 4. The van der Waals surface area contributed by atoms with Crippen molar-refractivity contribution in [2.24, 2.45) is 11.8 Å². The van der Waals surface area contributed by atoms with Crippen molar-refractivity contribution in [1.82, 2.24) is 16.0 Å². The Balaban J connectivity index is 1.76. The van der Waals surface area contributed by atoms with Gasteiger partial charge in [-0.3, -0.25) is 24.5 Å². The number of ether oxygens (including phenoxy) is 1. The summed E-state index contributed by atoms with van der Waals surface area (Å²) in [7, 11) is 1.30. The van der Waals surface area contributed by atoms with Crippen LogP contribution in [0.25, 0.3) is 0 Å². The number of rotatable bonds is 9. The summed E-state index contributed by atoms with van der Waals surface area (Å²) < 4.78 is 5.14. The monoisotopic (exact) mass is 478 g/mol. The van der Waals surface area contributed by atoms with Crippen molar-refractivity contribution in [2.75, 3.05) is 19.0 Å². The van der Waals surface area contributed by atoms with Gasteiger partial charge in [-0.25, -0.2) is 4.79 Å². The van der Waals surface area contributed by atoms with Crippen LogP contribution in [-0.2, 0) is 19.1 Å². The minimum atomic E-state index is -1.24. The summed E-state index contributed by atoms with van der Waals surface area (Å²) in [6.45, 7) is 2.13. The van der Waals surface area contributed by atoms with Gasteiger partial charge < -0.3 is 20.7 Å². The van der Waals surface area contributed by atoms with Gasteiger partial charge in [0.2, 0.25) is 11.7 Å². The van der Waals surface area contributed by atoms with Crippen molar-refractivity contribution in [3.05, 3.63) is 28.8 Å². The minimum absolute atomic E-state index is 0.00943. The first-order valence-corrected chi connectivity index (χ1v) is 11.2. The molecule has 33 heavy (non-hydrogen) atoms. The maximum atomic E-state index is 13.1. The number of carbonyl (C=O) groups excluding carboxylic acids is 5. The molecule has 4 amide bonds. The molecule has 0 radical (unpaired) electrons. The van der Waals surface area contributed by atoms with Crippen LogP contribution < -0.4 is 21.3 Å². The summed E-state index contributed by atoms with van der Waals surface area (Å²) >= 11 is 6.05. The third kappa shape index (κ3) is 6.67. The van der Waals surface area contributed by atoms with E-state index in [1.54, 1.807) is 0 Å². The van der Waals surface area contributed by atoms with E-state index in [-0.39, 0.29) is 34.6 Å². The fourth-order valence-corrected chi connectivity index (χ4v) is 3.80. The van der Waals surface area contributed by atoms with Gasteiger partial charge in [-0.2, -0.15) is 0 Å². The number of anilines is 1. The lowest BCUT2D eigenvalue weighted by molar-refractivity contribution is -0.139. The summed E-state index contributed by atoms with van der Waals surface area (Å²) in [5, 5.41) is 10.3. The zero-order valence-corrected chi connectivity index (χ0v) is 19.2. The van der Waals surface area contributed by atoms with Crippen LogP contribution in [-0.4, -0.2) is 55.3 Å². The van der Waals surface area contributed by atoms with Crippen LogP contribution in [0.2, 0.25) is 5.02 Å². The Morgan fingerprint density at radius 1 is 1.24 bits per heavy atom. The van der Waals surface area contributed by atoms with E-state index in [2.05, 4.69) is 21.3 Å². The van der Waals surface area contributed by atoms with E-state index in [1.807, 2.05) is 6.92 Å². The average Bonchev–Trinajstić information content (AvgIpc) is 3.55. The Kier molecular flexibility index (Phi) is 7.91. The molecule has 0 bridgehead atoms. The molecule has 0 spiro atoms. The molecule has 10 nitrogen and oxygen atoms in total. The summed E-state index contributed by atoms with van der Waals surface area (Å²) in [4.78, 5) is 62.0. The van der Waals surface area contributed by atoms with Crippen molar-refractivity contribution in [1.29, 1.82) is 0 Å². The number of halogens is 1. The van der Waals surface area contributed by atoms with Crippen LogP contribution in [0, 0.1) is 11.8 Å². The molecular formula is C22H27ClN4O6. The highest BCUT2D eigenvalue weighted by molar-refractivity contribution is 6.38. The quantitative estimate of drug-likeness (QED) is 0.397. The first kappa shape index (κ1) is 24.5. The van der Waals surface area contributed by atoms with Gasteiger partial charge in [-0.1, -0.05) is 11.6 Å². The summed E-state index contributed by atoms with van der Waals surface area (Å²) in [6.07, 6.45) is 1.75. The number of Topliss-reactive ketones (excluding diaryl/α,β-unsaturated/α-hetero) is 1. The maximum Gasteiger partial charge on any atom is 0.411 e. The van der Waals surface area contributed by atoms with E-state index in [1.165, 1.54) is 25.2 Å². The molecule has 1 aliphatic heterocycles. The molecule has 2 fully saturated rings. The van der Waals surface area contributed by atoms with Crippen molar-refractivity contribution in [2.45, 2.75) is 44.7 Å². The van der Waals surface area contributed by atoms with E-state index in [0.717, 1.165) is 12.8 Å². The van der Waals surface area contributed by atoms with E-state index >= 15 is 0 Å². The molecule has 1 aliphatic carbocycles. The van der Waals surface area contributed by atoms with Crippen molar-refractivity contribution in [3.8, 4) is 0 Å². The third-order valence-corrected chi connectivity index (χ3v) is 5.84. The highest BCUT2D eigenvalue weighted by atomic mass is 35.5. The molecule has 2 aliphatic rings. The standard InChI is InChI=1S/C22H27ClN4O6/c1-11-7-13(19(29)25-11)8-17(18(28)21(31)24-2)26-20(30)15-9-14(23)5-6-16(15)27-22(32)33-10-12-3-4-12/h5-6,9,11-13,17H,3-4,7-8,10H2,1-2H3,(H,24,31)(H,25,29)(H,26,30)(H,27,32)/t11-,13+,17?/m1/s1. The van der Waals surface area contributed by atoms with Crippen LogP contribution in [0.1, 0.15) is 43.0 Å². The summed E-state index contributed by atoms with van der Waals surface area (Å²) in [6, 6.07) is 2.95. The SMILES string of the molecule is CNC(=O)C(=O)C(C[C@@H]1C[C@@H](C)NC1=O)NC(=O)c1cc(Cl)ccc1NC(=O)OCC1CC1. The van der Waals surface area contributed by atoms with Crippen LogP contribution in [0.4, 0.5) is 10.5 Å². The zero-order valence-electron chi connectivity index (χ0n) is 18.4. The summed E-state index contributed by atoms with van der Waals surface area (Å²) in [5.41, 5.74) is 0.126. The van der Waals surface area contributed by atoms with E-state index in [9.17, 15) is 24.0 Å².